The molecule has 2 aromatic rings. The Morgan fingerprint density at radius 1 is 1.39 bits per heavy atom. The van der Waals surface area contributed by atoms with E-state index in [1.165, 1.54) is 6.07 Å². The van der Waals surface area contributed by atoms with Gasteiger partial charge in [0.2, 0.25) is 0 Å². The van der Waals surface area contributed by atoms with Crippen LogP contribution >= 0.6 is 11.3 Å². The third-order valence-electron chi connectivity index (χ3n) is 3.52. The second-order valence-corrected chi connectivity index (χ2v) is 5.83. The first-order valence-electron chi connectivity index (χ1n) is 6.11. The van der Waals surface area contributed by atoms with Crippen molar-refractivity contribution in [3.8, 4) is 10.6 Å². The molecule has 1 aliphatic carbocycles. The summed E-state index contributed by atoms with van der Waals surface area (Å²) in [5, 5.41) is 3.07. The van der Waals surface area contributed by atoms with Gasteiger partial charge in [-0.1, -0.05) is 0 Å². The van der Waals surface area contributed by atoms with Crippen molar-refractivity contribution in [2.24, 2.45) is 5.73 Å². The van der Waals surface area contributed by atoms with Gasteiger partial charge < -0.3 is 5.73 Å². The highest BCUT2D eigenvalue weighted by Gasteiger charge is 2.29. The van der Waals surface area contributed by atoms with Crippen LogP contribution in [0, 0.1) is 12.7 Å². The van der Waals surface area contributed by atoms with E-state index in [0.29, 0.717) is 17.5 Å². The van der Waals surface area contributed by atoms with E-state index in [-0.39, 0.29) is 5.82 Å². The van der Waals surface area contributed by atoms with Crippen LogP contribution in [-0.4, -0.2) is 11.0 Å². The molecule has 1 heterocycles. The minimum atomic E-state index is -0.166. The molecule has 0 bridgehead atoms. The second-order valence-electron chi connectivity index (χ2n) is 4.97. The Morgan fingerprint density at radius 3 is 2.83 bits per heavy atom. The van der Waals surface area contributed by atoms with Gasteiger partial charge in [-0.15, -0.1) is 11.3 Å². The van der Waals surface area contributed by atoms with Gasteiger partial charge in [0.05, 0.1) is 5.69 Å². The van der Waals surface area contributed by atoms with Gasteiger partial charge >= 0.3 is 0 Å². The molecule has 0 unspecified atom stereocenters. The highest BCUT2D eigenvalue weighted by Crippen LogP contribution is 2.37. The Bertz CT molecular complexity index is 573. The molecule has 18 heavy (non-hydrogen) atoms. The molecule has 94 valence electrons. The smallest absolute Gasteiger partial charge is 0.126 e. The first-order chi connectivity index (χ1) is 8.63. The van der Waals surface area contributed by atoms with Crippen molar-refractivity contribution in [1.29, 1.82) is 0 Å². The molecule has 2 N–H and O–H groups in total. The summed E-state index contributed by atoms with van der Waals surface area (Å²) in [7, 11) is 0. The Morgan fingerprint density at radius 2 is 2.17 bits per heavy atom. The van der Waals surface area contributed by atoms with Crippen molar-refractivity contribution in [1.82, 2.24) is 4.98 Å². The molecule has 1 saturated carbocycles. The van der Waals surface area contributed by atoms with Crippen LogP contribution < -0.4 is 5.73 Å². The fraction of sp³-hybridized carbons (Fsp3) is 0.357. The first kappa shape index (κ1) is 11.8. The SMILES string of the molecule is Cc1cc(-c2nc(C3CC(N)C3)cs2)ccc1F. The number of thiazole rings is 1. The summed E-state index contributed by atoms with van der Waals surface area (Å²) in [5.74, 6) is 0.354. The van der Waals surface area contributed by atoms with Crippen molar-refractivity contribution in [2.75, 3.05) is 0 Å². The van der Waals surface area contributed by atoms with E-state index in [9.17, 15) is 4.39 Å². The van der Waals surface area contributed by atoms with Gasteiger partial charge in [0.15, 0.2) is 0 Å². The summed E-state index contributed by atoms with van der Waals surface area (Å²) in [4.78, 5) is 4.65. The maximum atomic E-state index is 13.2. The number of hydrogen-bond donors (Lipinski definition) is 1. The largest absolute Gasteiger partial charge is 0.328 e. The van der Waals surface area contributed by atoms with Crippen molar-refractivity contribution < 1.29 is 4.39 Å². The van der Waals surface area contributed by atoms with Gasteiger partial charge in [-0.3, -0.25) is 0 Å². The average molecular weight is 262 g/mol. The summed E-state index contributed by atoms with van der Waals surface area (Å²) in [6.07, 6.45) is 2.07. The molecular formula is C14H15FN2S. The Labute approximate surface area is 110 Å². The van der Waals surface area contributed by atoms with Gasteiger partial charge in [-0.2, -0.15) is 0 Å². The molecule has 3 rings (SSSR count). The molecular weight excluding hydrogens is 247 g/mol. The Hall–Kier alpha value is -1.26. The third kappa shape index (κ3) is 2.06. The summed E-state index contributed by atoms with van der Waals surface area (Å²) in [6, 6.07) is 5.49. The van der Waals surface area contributed by atoms with Crippen molar-refractivity contribution in [2.45, 2.75) is 31.7 Å². The zero-order valence-electron chi connectivity index (χ0n) is 10.2. The van der Waals surface area contributed by atoms with Crippen LogP contribution in [0.5, 0.6) is 0 Å². The number of rotatable bonds is 2. The van der Waals surface area contributed by atoms with Gasteiger partial charge in [0.25, 0.3) is 0 Å². The molecule has 1 fully saturated rings. The van der Waals surface area contributed by atoms with E-state index in [0.717, 1.165) is 29.1 Å². The highest BCUT2D eigenvalue weighted by atomic mass is 32.1. The van der Waals surface area contributed by atoms with Crippen molar-refractivity contribution in [3.05, 3.63) is 40.7 Å². The fourth-order valence-electron chi connectivity index (χ4n) is 2.29. The lowest BCUT2D eigenvalue weighted by atomic mass is 9.79. The Balaban J connectivity index is 1.86. The number of nitrogens with zero attached hydrogens (tertiary/aromatic N) is 1. The van der Waals surface area contributed by atoms with E-state index in [4.69, 9.17) is 5.73 Å². The topological polar surface area (TPSA) is 38.9 Å². The maximum absolute atomic E-state index is 13.2. The van der Waals surface area contributed by atoms with Crippen LogP contribution in [0.25, 0.3) is 10.6 Å². The van der Waals surface area contributed by atoms with Gasteiger partial charge in [-0.25, -0.2) is 9.37 Å². The zero-order chi connectivity index (χ0) is 12.7. The summed E-state index contributed by atoms with van der Waals surface area (Å²) < 4.78 is 13.2. The monoisotopic (exact) mass is 262 g/mol. The first-order valence-corrected chi connectivity index (χ1v) is 6.99. The number of aromatic nitrogens is 1. The predicted molar refractivity (Wildman–Crippen MR) is 72.2 cm³/mol. The molecule has 1 aromatic carbocycles. The zero-order valence-corrected chi connectivity index (χ0v) is 11.0. The average Bonchev–Trinajstić information content (AvgIpc) is 2.78. The number of nitrogens with two attached hydrogens (primary N) is 1. The van der Waals surface area contributed by atoms with Crippen LogP contribution in [0.15, 0.2) is 23.6 Å². The molecule has 0 atom stereocenters. The van der Waals surface area contributed by atoms with E-state index in [1.54, 1.807) is 24.3 Å². The van der Waals surface area contributed by atoms with Crippen LogP contribution in [0.3, 0.4) is 0 Å². The molecule has 1 aliphatic rings. The molecule has 4 heteroatoms. The Kier molecular flexibility index (Phi) is 2.92. The van der Waals surface area contributed by atoms with Gasteiger partial charge in [0.1, 0.15) is 10.8 Å². The molecule has 0 saturated heterocycles. The lowest BCUT2D eigenvalue weighted by Crippen LogP contribution is -2.34. The standard InChI is InChI=1S/C14H15FN2S/c1-8-4-9(2-3-12(8)15)14-17-13(7-18-14)10-5-11(16)6-10/h2-4,7,10-11H,5-6,16H2,1H3. The van der Waals surface area contributed by atoms with Crippen LogP contribution in [0.2, 0.25) is 0 Å². The number of aryl methyl sites for hydroxylation is 1. The molecule has 0 radical (unpaired) electrons. The minimum absolute atomic E-state index is 0.166. The normalized spacial score (nSPS) is 22.8. The molecule has 0 spiro atoms. The lowest BCUT2D eigenvalue weighted by Gasteiger charge is -2.30. The van der Waals surface area contributed by atoms with Crippen molar-refractivity contribution >= 4 is 11.3 Å². The maximum Gasteiger partial charge on any atom is 0.126 e. The fourth-order valence-corrected chi connectivity index (χ4v) is 3.19. The number of hydrogen-bond acceptors (Lipinski definition) is 3. The number of benzene rings is 1. The molecule has 0 amide bonds. The quantitative estimate of drug-likeness (QED) is 0.900. The van der Waals surface area contributed by atoms with E-state index in [2.05, 4.69) is 10.4 Å². The predicted octanol–water partition coefficient (Wildman–Crippen LogP) is 3.46. The molecule has 2 nitrogen and oxygen atoms in total. The van der Waals surface area contributed by atoms with Crippen LogP contribution in [0.1, 0.15) is 30.0 Å². The third-order valence-corrected chi connectivity index (χ3v) is 4.43. The van der Waals surface area contributed by atoms with Crippen LogP contribution in [0.4, 0.5) is 4.39 Å². The molecule has 0 aliphatic heterocycles. The van der Waals surface area contributed by atoms with Gasteiger partial charge in [-0.05, 0) is 43.5 Å². The number of halogens is 1. The minimum Gasteiger partial charge on any atom is -0.328 e. The highest BCUT2D eigenvalue weighted by molar-refractivity contribution is 7.13. The second kappa shape index (κ2) is 4.44. The van der Waals surface area contributed by atoms with Gasteiger partial charge in [0, 0.05) is 22.9 Å². The van der Waals surface area contributed by atoms with Crippen molar-refractivity contribution in [3.63, 3.8) is 0 Å². The molecule has 1 aromatic heterocycles. The van der Waals surface area contributed by atoms with E-state index in [1.807, 2.05) is 6.07 Å². The van der Waals surface area contributed by atoms with E-state index >= 15 is 0 Å². The van der Waals surface area contributed by atoms with E-state index < -0.39 is 0 Å². The summed E-state index contributed by atoms with van der Waals surface area (Å²) in [5.41, 5.74) is 8.59. The lowest BCUT2D eigenvalue weighted by molar-refractivity contribution is 0.346. The van der Waals surface area contributed by atoms with Crippen LogP contribution in [-0.2, 0) is 0 Å². The summed E-state index contributed by atoms with van der Waals surface area (Å²) >= 11 is 1.62. The summed E-state index contributed by atoms with van der Waals surface area (Å²) in [6.45, 7) is 1.78.